The number of hydrogen-bond acceptors (Lipinski definition) is 7. The Balaban J connectivity index is 1.53. The van der Waals surface area contributed by atoms with Gasteiger partial charge in [0.1, 0.15) is 17.6 Å². The van der Waals surface area contributed by atoms with E-state index in [4.69, 9.17) is 10.00 Å². The summed E-state index contributed by atoms with van der Waals surface area (Å²) in [6.45, 7) is 0. The molecule has 8 heteroatoms. The zero-order valence-corrected chi connectivity index (χ0v) is 14.0. The average Bonchev–Trinajstić information content (AvgIpc) is 3.35. The molecule has 3 heterocycles. The van der Waals surface area contributed by atoms with Crippen molar-refractivity contribution >= 4 is 11.6 Å². The van der Waals surface area contributed by atoms with E-state index in [0.717, 1.165) is 29.8 Å². The Morgan fingerprint density at radius 1 is 1.15 bits per heavy atom. The monoisotopic (exact) mass is 347 g/mol. The molecule has 1 aliphatic carbocycles. The van der Waals surface area contributed by atoms with E-state index in [9.17, 15) is 0 Å². The molecule has 0 aliphatic heterocycles. The number of aromatic nitrogens is 5. The van der Waals surface area contributed by atoms with Gasteiger partial charge in [0, 0.05) is 18.5 Å². The van der Waals surface area contributed by atoms with E-state index in [2.05, 4.69) is 30.5 Å². The summed E-state index contributed by atoms with van der Waals surface area (Å²) in [6.07, 6.45) is 11.3. The van der Waals surface area contributed by atoms with Gasteiger partial charge < -0.3 is 10.1 Å². The zero-order chi connectivity index (χ0) is 17.8. The summed E-state index contributed by atoms with van der Waals surface area (Å²) in [5.41, 5.74) is 1.93. The van der Waals surface area contributed by atoms with E-state index in [-0.39, 0.29) is 11.8 Å². The van der Waals surface area contributed by atoms with E-state index in [1.54, 1.807) is 12.4 Å². The molecule has 3 aromatic heterocycles. The first-order valence-electron chi connectivity index (χ1n) is 8.47. The van der Waals surface area contributed by atoms with Gasteiger partial charge in [0.15, 0.2) is 11.5 Å². The van der Waals surface area contributed by atoms with Crippen molar-refractivity contribution < 1.29 is 4.74 Å². The first-order chi connectivity index (χ1) is 12.8. The predicted molar refractivity (Wildman–Crippen MR) is 94.7 cm³/mol. The van der Waals surface area contributed by atoms with Crippen LogP contribution in [0, 0.1) is 11.3 Å². The second-order valence-electron chi connectivity index (χ2n) is 6.09. The molecule has 0 radical (unpaired) electrons. The Labute approximate surface area is 150 Å². The molecule has 2 N–H and O–H groups in total. The fraction of sp³-hybridized carbons (Fsp3) is 0.278. The van der Waals surface area contributed by atoms with E-state index >= 15 is 0 Å². The van der Waals surface area contributed by atoms with Crippen LogP contribution in [0.15, 0.2) is 36.9 Å². The average molecular weight is 347 g/mol. The lowest BCUT2D eigenvalue weighted by Crippen LogP contribution is -2.11. The van der Waals surface area contributed by atoms with Crippen LogP contribution < -0.4 is 10.1 Å². The largest absolute Gasteiger partial charge is 0.490 e. The molecule has 0 saturated heterocycles. The summed E-state index contributed by atoms with van der Waals surface area (Å²) in [6, 6.07) is 5.68. The SMILES string of the molecule is N#Cc1cnc(Nc2cc(-c3cnccc3OC3CCCC3)[nH]n2)cn1. The van der Waals surface area contributed by atoms with Gasteiger partial charge in [-0.25, -0.2) is 9.97 Å². The van der Waals surface area contributed by atoms with Crippen molar-refractivity contribution in [1.29, 1.82) is 5.26 Å². The lowest BCUT2D eigenvalue weighted by molar-refractivity contribution is 0.211. The molecule has 0 atom stereocenters. The van der Waals surface area contributed by atoms with E-state index in [1.807, 2.05) is 18.2 Å². The number of rotatable bonds is 5. The van der Waals surface area contributed by atoms with Gasteiger partial charge in [0.05, 0.1) is 29.8 Å². The number of ether oxygens (including phenoxy) is 1. The summed E-state index contributed by atoms with van der Waals surface area (Å²) in [5.74, 6) is 1.91. The van der Waals surface area contributed by atoms with Crippen LogP contribution in [-0.2, 0) is 0 Å². The van der Waals surface area contributed by atoms with Crippen molar-refractivity contribution in [3.8, 4) is 23.1 Å². The van der Waals surface area contributed by atoms with Crippen LogP contribution in [-0.4, -0.2) is 31.3 Å². The number of aromatic amines is 1. The summed E-state index contributed by atoms with van der Waals surface area (Å²) in [7, 11) is 0. The highest BCUT2D eigenvalue weighted by Crippen LogP contribution is 2.32. The fourth-order valence-corrected chi connectivity index (χ4v) is 2.98. The van der Waals surface area contributed by atoms with Crippen molar-refractivity contribution in [2.75, 3.05) is 5.32 Å². The van der Waals surface area contributed by atoms with Crippen molar-refractivity contribution in [2.24, 2.45) is 0 Å². The van der Waals surface area contributed by atoms with Gasteiger partial charge in [-0.3, -0.25) is 10.1 Å². The maximum Gasteiger partial charge on any atom is 0.158 e. The third-order valence-corrected chi connectivity index (χ3v) is 4.27. The van der Waals surface area contributed by atoms with Gasteiger partial charge >= 0.3 is 0 Å². The first kappa shape index (κ1) is 16.0. The van der Waals surface area contributed by atoms with Gasteiger partial charge in [-0.2, -0.15) is 10.4 Å². The predicted octanol–water partition coefficient (Wildman–Crippen LogP) is 3.20. The number of hydrogen-bond donors (Lipinski definition) is 2. The topological polar surface area (TPSA) is 112 Å². The minimum atomic E-state index is 0.266. The Kier molecular flexibility index (Phi) is 4.43. The van der Waals surface area contributed by atoms with Crippen LogP contribution in [0.4, 0.5) is 11.6 Å². The number of anilines is 2. The molecule has 0 amide bonds. The molecule has 130 valence electrons. The lowest BCUT2D eigenvalue weighted by atomic mass is 10.2. The quantitative estimate of drug-likeness (QED) is 0.728. The molecule has 0 bridgehead atoms. The first-order valence-corrected chi connectivity index (χ1v) is 8.47. The number of H-pyrrole nitrogens is 1. The maximum absolute atomic E-state index is 8.77. The molecule has 1 fully saturated rings. The van der Waals surface area contributed by atoms with Gasteiger partial charge in [0.2, 0.25) is 0 Å². The molecule has 26 heavy (non-hydrogen) atoms. The second-order valence-corrected chi connectivity index (χ2v) is 6.09. The number of nitrogens with one attached hydrogen (secondary N) is 2. The minimum absolute atomic E-state index is 0.266. The molecule has 0 spiro atoms. The second kappa shape index (κ2) is 7.19. The molecule has 0 aromatic carbocycles. The third kappa shape index (κ3) is 3.47. The Morgan fingerprint density at radius 3 is 2.81 bits per heavy atom. The highest BCUT2D eigenvalue weighted by molar-refractivity contribution is 5.69. The van der Waals surface area contributed by atoms with Crippen molar-refractivity contribution in [3.05, 3.63) is 42.6 Å². The van der Waals surface area contributed by atoms with Crippen molar-refractivity contribution in [2.45, 2.75) is 31.8 Å². The molecular weight excluding hydrogens is 330 g/mol. The summed E-state index contributed by atoms with van der Waals surface area (Å²) < 4.78 is 6.15. The van der Waals surface area contributed by atoms with Crippen molar-refractivity contribution in [3.63, 3.8) is 0 Å². The Morgan fingerprint density at radius 2 is 2.04 bits per heavy atom. The van der Waals surface area contributed by atoms with Crippen LogP contribution in [0.2, 0.25) is 0 Å². The molecule has 1 saturated carbocycles. The Hall–Kier alpha value is -3.47. The molecule has 8 nitrogen and oxygen atoms in total. The zero-order valence-electron chi connectivity index (χ0n) is 14.0. The van der Waals surface area contributed by atoms with Crippen LogP contribution >= 0.6 is 0 Å². The molecule has 4 rings (SSSR count). The highest BCUT2D eigenvalue weighted by atomic mass is 16.5. The minimum Gasteiger partial charge on any atom is -0.490 e. The maximum atomic E-state index is 8.77. The summed E-state index contributed by atoms with van der Waals surface area (Å²) in [5, 5.41) is 19.1. The van der Waals surface area contributed by atoms with Crippen LogP contribution in [0.25, 0.3) is 11.3 Å². The van der Waals surface area contributed by atoms with Crippen LogP contribution in [0.1, 0.15) is 31.4 Å². The van der Waals surface area contributed by atoms with Crippen molar-refractivity contribution in [1.82, 2.24) is 25.1 Å². The van der Waals surface area contributed by atoms with Crippen LogP contribution in [0.3, 0.4) is 0 Å². The van der Waals surface area contributed by atoms with Gasteiger partial charge in [-0.05, 0) is 31.7 Å². The molecule has 3 aromatic rings. The van der Waals surface area contributed by atoms with E-state index in [0.29, 0.717) is 11.6 Å². The Bertz CT molecular complexity index is 923. The van der Waals surface area contributed by atoms with Gasteiger partial charge in [-0.1, -0.05) is 0 Å². The molecule has 1 aliphatic rings. The third-order valence-electron chi connectivity index (χ3n) is 4.27. The van der Waals surface area contributed by atoms with Crippen LogP contribution in [0.5, 0.6) is 5.75 Å². The summed E-state index contributed by atoms with van der Waals surface area (Å²) in [4.78, 5) is 12.3. The smallest absolute Gasteiger partial charge is 0.158 e. The number of nitrogens with zero attached hydrogens (tertiary/aromatic N) is 5. The number of pyridine rings is 1. The van der Waals surface area contributed by atoms with E-state index in [1.165, 1.54) is 25.2 Å². The normalized spacial score (nSPS) is 14.1. The van der Waals surface area contributed by atoms with E-state index < -0.39 is 0 Å². The lowest BCUT2D eigenvalue weighted by Gasteiger charge is -2.15. The molecule has 0 unspecified atom stereocenters. The van der Waals surface area contributed by atoms with Gasteiger partial charge in [-0.15, -0.1) is 0 Å². The highest BCUT2D eigenvalue weighted by Gasteiger charge is 2.19. The number of nitriles is 1. The molecular formula is C18H17N7O. The summed E-state index contributed by atoms with van der Waals surface area (Å²) >= 11 is 0. The fourth-order valence-electron chi connectivity index (χ4n) is 2.98. The standard InChI is InChI=1S/C18H17N7O/c19-8-12-9-22-18(11-21-12)23-17-7-15(24-25-17)14-10-20-6-5-16(14)26-13-3-1-2-4-13/h5-7,9-11,13H,1-4H2,(H2,22,23,24,25). The van der Waals surface area contributed by atoms with Gasteiger partial charge in [0.25, 0.3) is 0 Å².